The highest BCUT2D eigenvalue weighted by atomic mass is 19.1. The number of hydrogen-bond donors (Lipinski definition) is 0. The second-order valence-electron chi connectivity index (χ2n) is 8.15. The van der Waals surface area contributed by atoms with E-state index in [0.717, 1.165) is 50.2 Å². The highest BCUT2D eigenvalue weighted by Gasteiger charge is 2.37. The zero-order chi connectivity index (χ0) is 20.2. The van der Waals surface area contributed by atoms with Crippen molar-refractivity contribution in [3.63, 3.8) is 0 Å². The number of carbonyl (C=O) groups excluding carboxylic acids is 1. The van der Waals surface area contributed by atoms with Gasteiger partial charge in [0.25, 0.3) is 0 Å². The summed E-state index contributed by atoms with van der Waals surface area (Å²) in [5.74, 6) is 1.29. The van der Waals surface area contributed by atoms with E-state index in [1.165, 1.54) is 24.1 Å². The van der Waals surface area contributed by atoms with Crippen LogP contribution in [-0.2, 0) is 11.3 Å². The Morgan fingerprint density at radius 3 is 2.48 bits per heavy atom. The second kappa shape index (κ2) is 8.95. The molecule has 0 aliphatic carbocycles. The fourth-order valence-electron chi connectivity index (χ4n) is 4.63. The molecule has 2 atom stereocenters. The van der Waals surface area contributed by atoms with E-state index in [1.807, 2.05) is 17.0 Å². The monoisotopic (exact) mass is 396 g/mol. The van der Waals surface area contributed by atoms with Crippen molar-refractivity contribution in [1.29, 1.82) is 0 Å². The first-order valence-corrected chi connectivity index (χ1v) is 10.6. The summed E-state index contributed by atoms with van der Waals surface area (Å²) in [6.07, 6.45) is 4.35. The Labute approximate surface area is 172 Å². The second-order valence-corrected chi connectivity index (χ2v) is 8.15. The molecular formula is C24H29FN2O2. The van der Waals surface area contributed by atoms with Crippen molar-refractivity contribution in [3.8, 4) is 5.75 Å². The van der Waals surface area contributed by atoms with Crippen molar-refractivity contribution in [2.24, 2.45) is 0 Å². The van der Waals surface area contributed by atoms with Crippen LogP contribution < -0.4 is 4.74 Å². The van der Waals surface area contributed by atoms with Crippen molar-refractivity contribution in [3.05, 3.63) is 65.5 Å². The Morgan fingerprint density at radius 1 is 1.00 bits per heavy atom. The largest absolute Gasteiger partial charge is 0.497 e. The lowest BCUT2D eigenvalue weighted by Crippen LogP contribution is -2.43. The van der Waals surface area contributed by atoms with Gasteiger partial charge >= 0.3 is 0 Å². The summed E-state index contributed by atoms with van der Waals surface area (Å²) in [7, 11) is 1.69. The van der Waals surface area contributed by atoms with Gasteiger partial charge in [0.2, 0.25) is 5.91 Å². The molecule has 4 rings (SSSR count). The third kappa shape index (κ3) is 4.61. The first-order chi connectivity index (χ1) is 14.1. The summed E-state index contributed by atoms with van der Waals surface area (Å²) in [5.41, 5.74) is 2.30. The Kier molecular flexibility index (Phi) is 6.14. The minimum Gasteiger partial charge on any atom is -0.497 e. The van der Waals surface area contributed by atoms with Gasteiger partial charge in [-0.15, -0.1) is 0 Å². The fraction of sp³-hybridized carbons (Fsp3) is 0.458. The summed E-state index contributed by atoms with van der Waals surface area (Å²) in [5, 5.41) is 0. The summed E-state index contributed by atoms with van der Waals surface area (Å²) in [6.45, 7) is 3.23. The number of rotatable bonds is 5. The summed E-state index contributed by atoms with van der Waals surface area (Å²) in [6, 6.07) is 14.8. The SMILES string of the molecule is COc1ccc(C2CCCCN(C3CCN(Cc4ccc(F)cc4)C3=O)C2)cc1. The highest BCUT2D eigenvalue weighted by Crippen LogP contribution is 2.31. The zero-order valence-corrected chi connectivity index (χ0v) is 17.0. The molecule has 0 saturated carbocycles. The maximum atomic E-state index is 13.1. The van der Waals surface area contributed by atoms with Gasteiger partial charge in [0.05, 0.1) is 13.2 Å². The average Bonchev–Trinajstić information content (AvgIpc) is 2.95. The molecule has 0 spiro atoms. The normalized spacial score (nSPS) is 23.2. The van der Waals surface area contributed by atoms with E-state index in [4.69, 9.17) is 4.74 Å². The van der Waals surface area contributed by atoms with Crippen molar-refractivity contribution in [2.75, 3.05) is 26.7 Å². The number of ether oxygens (including phenoxy) is 1. The molecule has 2 unspecified atom stereocenters. The van der Waals surface area contributed by atoms with E-state index in [-0.39, 0.29) is 17.8 Å². The molecule has 0 N–H and O–H groups in total. The van der Waals surface area contributed by atoms with E-state index >= 15 is 0 Å². The number of halogens is 1. The van der Waals surface area contributed by atoms with E-state index in [1.54, 1.807) is 19.2 Å². The molecule has 29 heavy (non-hydrogen) atoms. The number of carbonyl (C=O) groups is 1. The first-order valence-electron chi connectivity index (χ1n) is 10.6. The van der Waals surface area contributed by atoms with Gasteiger partial charge in [0, 0.05) is 19.6 Å². The topological polar surface area (TPSA) is 32.8 Å². The van der Waals surface area contributed by atoms with E-state index in [0.29, 0.717) is 12.5 Å². The predicted molar refractivity (Wildman–Crippen MR) is 111 cm³/mol. The van der Waals surface area contributed by atoms with Crippen molar-refractivity contribution in [2.45, 2.75) is 44.2 Å². The molecule has 2 aliphatic rings. The van der Waals surface area contributed by atoms with Gasteiger partial charge in [-0.3, -0.25) is 9.69 Å². The van der Waals surface area contributed by atoms with Crippen LogP contribution in [0.5, 0.6) is 5.75 Å². The summed E-state index contributed by atoms with van der Waals surface area (Å²) < 4.78 is 18.4. The van der Waals surface area contributed by atoms with Crippen molar-refractivity contribution >= 4 is 5.91 Å². The lowest BCUT2D eigenvalue weighted by atomic mass is 9.94. The maximum absolute atomic E-state index is 13.1. The standard InChI is InChI=1S/C24H29FN2O2/c1-29-22-11-7-19(8-12-22)20-4-2-3-14-26(17-20)23-13-15-27(24(23)28)16-18-5-9-21(25)10-6-18/h5-12,20,23H,2-4,13-17H2,1H3. The third-order valence-corrected chi connectivity index (χ3v) is 6.29. The van der Waals surface area contributed by atoms with Crippen LogP contribution in [0.3, 0.4) is 0 Å². The molecule has 2 saturated heterocycles. The molecule has 154 valence electrons. The molecule has 4 nitrogen and oxygen atoms in total. The number of nitrogens with zero attached hydrogens (tertiary/aromatic N) is 2. The Morgan fingerprint density at radius 2 is 1.76 bits per heavy atom. The predicted octanol–water partition coefficient (Wildman–Crippen LogP) is 4.20. The minimum atomic E-state index is -0.242. The van der Waals surface area contributed by atoms with Gasteiger partial charge in [-0.1, -0.05) is 30.7 Å². The Hall–Kier alpha value is -2.40. The maximum Gasteiger partial charge on any atom is 0.240 e. The van der Waals surface area contributed by atoms with Crippen LogP contribution in [0.2, 0.25) is 0 Å². The number of hydrogen-bond acceptors (Lipinski definition) is 3. The van der Waals surface area contributed by atoms with Gasteiger partial charge in [0.15, 0.2) is 0 Å². The van der Waals surface area contributed by atoms with Gasteiger partial charge < -0.3 is 9.64 Å². The van der Waals surface area contributed by atoms with Crippen LogP contribution in [0.15, 0.2) is 48.5 Å². The van der Waals surface area contributed by atoms with Gasteiger partial charge in [-0.05, 0) is 67.1 Å². The van der Waals surface area contributed by atoms with Gasteiger partial charge in [0.1, 0.15) is 11.6 Å². The molecule has 2 aromatic rings. The van der Waals surface area contributed by atoms with E-state index < -0.39 is 0 Å². The number of methoxy groups -OCH3 is 1. The van der Waals surface area contributed by atoms with Crippen molar-refractivity contribution < 1.29 is 13.9 Å². The zero-order valence-electron chi connectivity index (χ0n) is 17.0. The number of benzene rings is 2. The summed E-state index contributed by atoms with van der Waals surface area (Å²) in [4.78, 5) is 17.4. The molecule has 2 heterocycles. The molecule has 2 aromatic carbocycles. The van der Waals surface area contributed by atoms with E-state index in [9.17, 15) is 9.18 Å². The minimum absolute atomic E-state index is 0.0331. The quantitative estimate of drug-likeness (QED) is 0.759. The summed E-state index contributed by atoms with van der Waals surface area (Å²) >= 11 is 0. The molecule has 2 aliphatic heterocycles. The third-order valence-electron chi connectivity index (χ3n) is 6.29. The Bertz CT molecular complexity index is 822. The van der Waals surface area contributed by atoms with Crippen LogP contribution in [0, 0.1) is 5.82 Å². The number of likely N-dealkylation sites (tertiary alicyclic amines) is 2. The molecule has 0 radical (unpaired) electrons. The molecule has 5 heteroatoms. The fourth-order valence-corrected chi connectivity index (χ4v) is 4.63. The molecule has 0 aromatic heterocycles. The smallest absolute Gasteiger partial charge is 0.240 e. The van der Waals surface area contributed by atoms with Crippen LogP contribution in [0.1, 0.15) is 42.7 Å². The first kappa shape index (κ1) is 19.9. The lowest BCUT2D eigenvalue weighted by Gasteiger charge is -2.29. The van der Waals surface area contributed by atoms with Crippen LogP contribution >= 0.6 is 0 Å². The van der Waals surface area contributed by atoms with Gasteiger partial charge in [-0.25, -0.2) is 4.39 Å². The lowest BCUT2D eigenvalue weighted by molar-refractivity contribution is -0.132. The van der Waals surface area contributed by atoms with Gasteiger partial charge in [-0.2, -0.15) is 0 Å². The van der Waals surface area contributed by atoms with Crippen molar-refractivity contribution in [1.82, 2.24) is 9.80 Å². The molecule has 2 fully saturated rings. The Balaban J connectivity index is 1.42. The molecular weight excluding hydrogens is 367 g/mol. The highest BCUT2D eigenvalue weighted by molar-refractivity contribution is 5.84. The number of amides is 1. The molecule has 1 amide bonds. The van der Waals surface area contributed by atoms with Crippen LogP contribution in [0.4, 0.5) is 4.39 Å². The van der Waals surface area contributed by atoms with Crippen LogP contribution in [0.25, 0.3) is 0 Å². The average molecular weight is 397 g/mol. The van der Waals surface area contributed by atoms with Crippen LogP contribution in [-0.4, -0.2) is 48.5 Å². The molecule has 0 bridgehead atoms. The van der Waals surface area contributed by atoms with E-state index in [2.05, 4.69) is 17.0 Å².